The van der Waals surface area contributed by atoms with Gasteiger partial charge in [-0.3, -0.25) is 4.79 Å². The summed E-state index contributed by atoms with van der Waals surface area (Å²) in [5.41, 5.74) is 5.61. The van der Waals surface area contributed by atoms with Gasteiger partial charge in [-0.15, -0.1) is 0 Å². The molecule has 116 valence electrons. The fraction of sp³-hybridized carbons (Fsp3) is 0.278. The smallest absolute Gasteiger partial charge is 0.220 e. The molecule has 3 aromatic rings. The maximum Gasteiger partial charge on any atom is 0.220 e. The van der Waals surface area contributed by atoms with Gasteiger partial charge in [0.25, 0.3) is 0 Å². The van der Waals surface area contributed by atoms with Crippen LogP contribution in [0.5, 0.6) is 0 Å². The molecular formula is C18H17N3OS. The molecule has 0 saturated heterocycles. The monoisotopic (exact) mass is 323 g/mol. The summed E-state index contributed by atoms with van der Waals surface area (Å²) in [5.74, 6) is 0.472. The second-order valence-corrected chi connectivity index (χ2v) is 6.53. The van der Waals surface area contributed by atoms with Crippen LogP contribution in [0.15, 0.2) is 42.5 Å². The molecule has 1 atom stereocenters. The standard InChI is InChI=1S/C18H17N3OS/c22-18(10-14-7-6-13-3-1-2-4-15(13)14)19-11-12-5-8-16-17(9-12)21-23-20-16/h1-5,8-9,14H,6-7,10-11H2,(H,19,22)/t14-/m1/s1. The van der Waals surface area contributed by atoms with Gasteiger partial charge in [0.05, 0.1) is 11.7 Å². The fourth-order valence-corrected chi connectivity index (χ4v) is 3.81. The highest BCUT2D eigenvalue weighted by Gasteiger charge is 2.23. The molecule has 0 spiro atoms. The zero-order chi connectivity index (χ0) is 15.6. The Balaban J connectivity index is 1.37. The molecule has 23 heavy (non-hydrogen) atoms. The van der Waals surface area contributed by atoms with E-state index in [1.54, 1.807) is 0 Å². The van der Waals surface area contributed by atoms with Gasteiger partial charge in [0.1, 0.15) is 11.0 Å². The van der Waals surface area contributed by atoms with Crippen LogP contribution in [-0.2, 0) is 17.8 Å². The van der Waals surface area contributed by atoms with E-state index in [1.165, 1.54) is 22.9 Å². The quantitative estimate of drug-likeness (QED) is 0.800. The van der Waals surface area contributed by atoms with Crippen molar-refractivity contribution in [3.05, 3.63) is 59.2 Å². The number of benzene rings is 2. The van der Waals surface area contributed by atoms with Crippen molar-refractivity contribution < 1.29 is 4.79 Å². The van der Waals surface area contributed by atoms with Crippen LogP contribution in [-0.4, -0.2) is 14.7 Å². The van der Waals surface area contributed by atoms with Gasteiger partial charge in [-0.25, -0.2) is 0 Å². The van der Waals surface area contributed by atoms with E-state index in [0.717, 1.165) is 29.4 Å². The van der Waals surface area contributed by atoms with Crippen LogP contribution in [0.4, 0.5) is 0 Å². The Morgan fingerprint density at radius 3 is 3.00 bits per heavy atom. The van der Waals surface area contributed by atoms with E-state index in [0.29, 0.717) is 18.9 Å². The van der Waals surface area contributed by atoms with Gasteiger partial charge in [-0.05, 0) is 47.6 Å². The van der Waals surface area contributed by atoms with Crippen LogP contribution in [0.1, 0.15) is 35.4 Å². The van der Waals surface area contributed by atoms with Crippen molar-refractivity contribution in [1.82, 2.24) is 14.1 Å². The lowest BCUT2D eigenvalue weighted by Crippen LogP contribution is -2.24. The van der Waals surface area contributed by atoms with E-state index in [-0.39, 0.29) is 5.91 Å². The molecule has 0 saturated carbocycles. The average molecular weight is 323 g/mol. The van der Waals surface area contributed by atoms with Gasteiger partial charge in [0, 0.05) is 13.0 Å². The Labute approximate surface area is 138 Å². The molecule has 1 aliphatic carbocycles. The van der Waals surface area contributed by atoms with Gasteiger partial charge >= 0.3 is 0 Å². The lowest BCUT2D eigenvalue weighted by Gasteiger charge is -2.12. The Morgan fingerprint density at radius 1 is 1.17 bits per heavy atom. The number of carbonyl (C=O) groups is 1. The summed E-state index contributed by atoms with van der Waals surface area (Å²) in [5, 5.41) is 3.03. The summed E-state index contributed by atoms with van der Waals surface area (Å²) < 4.78 is 8.42. The Morgan fingerprint density at radius 2 is 2.04 bits per heavy atom. The van der Waals surface area contributed by atoms with E-state index < -0.39 is 0 Å². The molecule has 2 aromatic carbocycles. The predicted octanol–water partition coefficient (Wildman–Crippen LogP) is 3.43. The van der Waals surface area contributed by atoms with Crippen LogP contribution in [0.25, 0.3) is 11.0 Å². The third-order valence-corrected chi connectivity index (χ3v) is 5.05. The van der Waals surface area contributed by atoms with E-state index in [9.17, 15) is 4.79 Å². The van der Waals surface area contributed by atoms with E-state index in [2.05, 4.69) is 38.3 Å². The second-order valence-electron chi connectivity index (χ2n) is 6.00. The summed E-state index contributed by atoms with van der Waals surface area (Å²) in [6.07, 6.45) is 2.72. The summed E-state index contributed by atoms with van der Waals surface area (Å²) in [7, 11) is 0. The van der Waals surface area contributed by atoms with Gasteiger partial charge < -0.3 is 5.32 Å². The number of hydrogen-bond acceptors (Lipinski definition) is 4. The normalized spacial score (nSPS) is 16.4. The molecule has 0 bridgehead atoms. The van der Waals surface area contributed by atoms with E-state index in [1.807, 2.05) is 18.2 Å². The van der Waals surface area contributed by atoms with E-state index in [4.69, 9.17) is 0 Å². The third kappa shape index (κ3) is 2.97. The first kappa shape index (κ1) is 14.3. The van der Waals surface area contributed by atoms with E-state index >= 15 is 0 Å². The molecule has 1 aromatic heterocycles. The SMILES string of the molecule is O=C(C[C@H]1CCc2ccccc21)NCc1ccc2nsnc2c1. The highest BCUT2D eigenvalue weighted by Crippen LogP contribution is 2.35. The Hall–Kier alpha value is -2.27. The highest BCUT2D eigenvalue weighted by atomic mass is 32.1. The number of carbonyl (C=O) groups excluding carboxylic acids is 1. The second kappa shape index (κ2) is 6.08. The van der Waals surface area contributed by atoms with Crippen molar-refractivity contribution in [2.24, 2.45) is 0 Å². The number of rotatable bonds is 4. The Kier molecular flexibility index (Phi) is 3.79. The van der Waals surface area contributed by atoms with Gasteiger partial charge in [0.15, 0.2) is 0 Å². The molecule has 1 N–H and O–H groups in total. The van der Waals surface area contributed by atoms with Crippen molar-refractivity contribution >= 4 is 28.7 Å². The number of nitrogens with zero attached hydrogens (tertiary/aromatic N) is 2. The first-order valence-corrected chi connectivity index (χ1v) is 8.58. The maximum absolute atomic E-state index is 12.3. The van der Waals surface area contributed by atoms with Crippen molar-refractivity contribution in [2.45, 2.75) is 31.7 Å². The third-order valence-electron chi connectivity index (χ3n) is 4.50. The topological polar surface area (TPSA) is 54.9 Å². The van der Waals surface area contributed by atoms with Crippen molar-refractivity contribution in [1.29, 1.82) is 0 Å². The molecule has 0 aliphatic heterocycles. The van der Waals surface area contributed by atoms with Crippen molar-refractivity contribution in [3.63, 3.8) is 0 Å². The molecule has 1 amide bonds. The first-order chi connectivity index (χ1) is 11.3. The lowest BCUT2D eigenvalue weighted by atomic mass is 9.97. The van der Waals surface area contributed by atoms with Crippen LogP contribution in [0, 0.1) is 0 Å². The Bertz CT molecular complexity index is 858. The van der Waals surface area contributed by atoms with Gasteiger partial charge in [0.2, 0.25) is 5.91 Å². The first-order valence-electron chi connectivity index (χ1n) is 7.85. The number of aryl methyl sites for hydroxylation is 1. The molecule has 5 heteroatoms. The van der Waals surface area contributed by atoms with Crippen molar-refractivity contribution in [3.8, 4) is 0 Å². The van der Waals surface area contributed by atoms with Crippen molar-refractivity contribution in [2.75, 3.05) is 0 Å². The van der Waals surface area contributed by atoms with Crippen LogP contribution in [0.2, 0.25) is 0 Å². The molecule has 1 aliphatic rings. The van der Waals surface area contributed by atoms with Crippen LogP contribution >= 0.6 is 11.7 Å². The number of fused-ring (bicyclic) bond motifs is 2. The minimum atomic E-state index is 0.114. The molecule has 1 heterocycles. The molecule has 0 unspecified atom stereocenters. The molecule has 4 rings (SSSR count). The summed E-state index contributed by atoms with van der Waals surface area (Å²) in [4.78, 5) is 12.3. The predicted molar refractivity (Wildman–Crippen MR) is 91.4 cm³/mol. The zero-order valence-corrected chi connectivity index (χ0v) is 13.5. The highest BCUT2D eigenvalue weighted by molar-refractivity contribution is 7.00. The minimum absolute atomic E-state index is 0.114. The molecule has 0 fully saturated rings. The molecule has 0 radical (unpaired) electrons. The molecule has 4 nitrogen and oxygen atoms in total. The maximum atomic E-state index is 12.3. The fourth-order valence-electron chi connectivity index (χ4n) is 3.29. The summed E-state index contributed by atoms with van der Waals surface area (Å²) in [6.45, 7) is 0.542. The van der Waals surface area contributed by atoms with Crippen LogP contribution < -0.4 is 5.32 Å². The summed E-state index contributed by atoms with van der Waals surface area (Å²) in [6, 6.07) is 14.4. The van der Waals surface area contributed by atoms with Gasteiger partial charge in [-0.2, -0.15) is 8.75 Å². The zero-order valence-electron chi connectivity index (χ0n) is 12.7. The number of amides is 1. The number of aromatic nitrogens is 2. The molecular weight excluding hydrogens is 306 g/mol. The van der Waals surface area contributed by atoms with Gasteiger partial charge in [-0.1, -0.05) is 30.3 Å². The van der Waals surface area contributed by atoms with Crippen LogP contribution in [0.3, 0.4) is 0 Å². The lowest BCUT2D eigenvalue weighted by molar-refractivity contribution is -0.121. The number of hydrogen-bond donors (Lipinski definition) is 1. The number of nitrogens with one attached hydrogen (secondary N) is 1. The summed E-state index contributed by atoms with van der Waals surface area (Å²) >= 11 is 1.21. The minimum Gasteiger partial charge on any atom is -0.352 e. The average Bonchev–Trinajstić information content (AvgIpc) is 3.20. The largest absolute Gasteiger partial charge is 0.352 e.